The fourth-order valence-corrected chi connectivity index (χ4v) is 1.65. The van der Waals surface area contributed by atoms with Crippen molar-refractivity contribution in [1.29, 1.82) is 0 Å². The van der Waals surface area contributed by atoms with E-state index in [0.29, 0.717) is 13.0 Å². The number of aryl methyl sites for hydroxylation is 1. The molecule has 0 bridgehead atoms. The molecule has 0 amide bonds. The first kappa shape index (κ1) is 15.3. The van der Waals surface area contributed by atoms with Gasteiger partial charge in [0.1, 0.15) is 11.4 Å². The van der Waals surface area contributed by atoms with Crippen molar-refractivity contribution in [2.24, 2.45) is 0 Å². The van der Waals surface area contributed by atoms with E-state index < -0.39 is 5.60 Å². The lowest BCUT2D eigenvalue weighted by molar-refractivity contribution is -0.154. The van der Waals surface area contributed by atoms with Gasteiger partial charge >= 0.3 is 5.97 Å². The highest BCUT2D eigenvalue weighted by Gasteiger charge is 2.15. The Labute approximate surface area is 115 Å². The molecule has 0 aromatic heterocycles. The van der Waals surface area contributed by atoms with Gasteiger partial charge in [-0.25, -0.2) is 0 Å². The summed E-state index contributed by atoms with van der Waals surface area (Å²) in [4.78, 5) is 11.6. The van der Waals surface area contributed by atoms with Gasteiger partial charge in [0.15, 0.2) is 0 Å². The molecule has 4 heteroatoms. The summed E-state index contributed by atoms with van der Waals surface area (Å²) in [5, 5.41) is 3.22. The van der Waals surface area contributed by atoms with Gasteiger partial charge in [-0.3, -0.25) is 4.79 Å². The highest BCUT2D eigenvalue weighted by Crippen LogP contribution is 2.20. The summed E-state index contributed by atoms with van der Waals surface area (Å²) in [5.41, 5.74) is 1.67. The Morgan fingerprint density at radius 1 is 1.32 bits per heavy atom. The largest absolute Gasteiger partial charge is 0.497 e. The maximum absolute atomic E-state index is 11.6. The summed E-state index contributed by atoms with van der Waals surface area (Å²) in [6, 6.07) is 5.79. The molecule has 0 aliphatic heterocycles. The lowest BCUT2D eigenvalue weighted by Crippen LogP contribution is -2.25. The normalized spacial score (nSPS) is 11.0. The molecule has 0 saturated heterocycles. The molecule has 1 rings (SSSR count). The third-order valence-electron chi connectivity index (χ3n) is 2.50. The first-order valence-corrected chi connectivity index (χ1v) is 6.42. The summed E-state index contributed by atoms with van der Waals surface area (Å²) in [7, 11) is 1.64. The Balaban J connectivity index is 2.43. The second kappa shape index (κ2) is 6.45. The Morgan fingerprint density at radius 2 is 2.00 bits per heavy atom. The van der Waals surface area contributed by atoms with Crippen molar-refractivity contribution < 1.29 is 14.3 Å². The van der Waals surface area contributed by atoms with Crippen molar-refractivity contribution in [1.82, 2.24) is 0 Å². The molecule has 1 N–H and O–H groups in total. The van der Waals surface area contributed by atoms with Crippen molar-refractivity contribution in [2.45, 2.75) is 39.7 Å². The molecule has 0 aliphatic rings. The molecule has 106 valence electrons. The number of hydrogen-bond acceptors (Lipinski definition) is 4. The number of carbonyl (C=O) groups excluding carboxylic acids is 1. The second-order valence-corrected chi connectivity index (χ2v) is 5.44. The molecule has 0 heterocycles. The summed E-state index contributed by atoms with van der Waals surface area (Å²) < 4.78 is 10.4. The number of methoxy groups -OCH3 is 1. The molecule has 0 atom stereocenters. The lowest BCUT2D eigenvalue weighted by Gasteiger charge is -2.19. The van der Waals surface area contributed by atoms with Gasteiger partial charge in [-0.15, -0.1) is 0 Å². The molecule has 19 heavy (non-hydrogen) atoms. The SMILES string of the molecule is COc1ccc(NCCC(=O)OC(C)(C)C)c(C)c1. The number of benzene rings is 1. The maximum atomic E-state index is 11.6. The Morgan fingerprint density at radius 3 is 2.53 bits per heavy atom. The van der Waals surface area contributed by atoms with Gasteiger partial charge in [-0.2, -0.15) is 0 Å². The van der Waals surface area contributed by atoms with E-state index in [1.165, 1.54) is 0 Å². The smallest absolute Gasteiger partial charge is 0.308 e. The summed E-state index contributed by atoms with van der Waals surface area (Å²) in [6.07, 6.45) is 0.350. The van der Waals surface area contributed by atoms with Crippen LogP contribution in [0.1, 0.15) is 32.8 Å². The number of esters is 1. The molecule has 0 spiro atoms. The fourth-order valence-electron chi connectivity index (χ4n) is 1.65. The van der Waals surface area contributed by atoms with Crippen LogP contribution in [0.3, 0.4) is 0 Å². The van der Waals surface area contributed by atoms with Crippen molar-refractivity contribution in [3.63, 3.8) is 0 Å². The van der Waals surface area contributed by atoms with Crippen molar-refractivity contribution >= 4 is 11.7 Å². The summed E-state index contributed by atoms with van der Waals surface area (Å²) in [6.45, 7) is 8.16. The van der Waals surface area contributed by atoms with Crippen molar-refractivity contribution in [3.8, 4) is 5.75 Å². The zero-order valence-electron chi connectivity index (χ0n) is 12.4. The average Bonchev–Trinajstić information content (AvgIpc) is 2.28. The fraction of sp³-hybridized carbons (Fsp3) is 0.533. The Hall–Kier alpha value is -1.71. The van der Waals surface area contributed by atoms with Gasteiger partial charge in [0, 0.05) is 12.2 Å². The molecule has 1 aromatic carbocycles. The first-order chi connectivity index (χ1) is 8.81. The minimum atomic E-state index is -0.423. The minimum Gasteiger partial charge on any atom is -0.497 e. The van der Waals surface area contributed by atoms with Crippen molar-refractivity contribution in [2.75, 3.05) is 19.0 Å². The molecule has 0 radical (unpaired) electrons. The number of nitrogens with one attached hydrogen (secondary N) is 1. The number of anilines is 1. The van der Waals surface area contributed by atoms with E-state index in [-0.39, 0.29) is 5.97 Å². The zero-order chi connectivity index (χ0) is 14.5. The zero-order valence-corrected chi connectivity index (χ0v) is 12.4. The number of ether oxygens (including phenoxy) is 2. The van der Waals surface area contributed by atoms with Gasteiger partial charge in [0.2, 0.25) is 0 Å². The molecule has 0 unspecified atom stereocenters. The predicted molar refractivity (Wildman–Crippen MR) is 76.7 cm³/mol. The van der Waals surface area contributed by atoms with Crippen LogP contribution in [0.25, 0.3) is 0 Å². The summed E-state index contributed by atoms with van der Waals surface area (Å²) >= 11 is 0. The molecule has 1 aromatic rings. The van der Waals surface area contributed by atoms with Crippen molar-refractivity contribution in [3.05, 3.63) is 23.8 Å². The van der Waals surface area contributed by atoms with E-state index in [1.54, 1.807) is 7.11 Å². The Bertz CT molecular complexity index is 436. The Kier molecular flexibility index (Phi) is 5.21. The number of carbonyl (C=O) groups is 1. The molecular weight excluding hydrogens is 242 g/mol. The second-order valence-electron chi connectivity index (χ2n) is 5.44. The molecule has 0 aliphatic carbocycles. The van der Waals surface area contributed by atoms with Gasteiger partial charge in [0.05, 0.1) is 13.5 Å². The van der Waals surface area contributed by atoms with Crippen LogP contribution in [0.5, 0.6) is 5.75 Å². The van der Waals surface area contributed by atoms with Crippen LogP contribution >= 0.6 is 0 Å². The van der Waals surface area contributed by atoms with Gasteiger partial charge < -0.3 is 14.8 Å². The highest BCUT2D eigenvalue weighted by molar-refractivity contribution is 5.70. The van der Waals surface area contributed by atoms with E-state index in [0.717, 1.165) is 17.0 Å². The number of hydrogen-bond donors (Lipinski definition) is 1. The van der Waals surface area contributed by atoms with Crippen LogP contribution in [0.4, 0.5) is 5.69 Å². The first-order valence-electron chi connectivity index (χ1n) is 6.42. The third-order valence-corrected chi connectivity index (χ3v) is 2.50. The van der Waals surface area contributed by atoms with E-state index in [2.05, 4.69) is 5.32 Å². The molecule has 0 saturated carbocycles. The van der Waals surface area contributed by atoms with Crippen LogP contribution < -0.4 is 10.1 Å². The van der Waals surface area contributed by atoms with Crippen LogP contribution in [0, 0.1) is 6.92 Å². The molecular formula is C15H23NO3. The highest BCUT2D eigenvalue weighted by atomic mass is 16.6. The van der Waals surface area contributed by atoms with E-state index in [9.17, 15) is 4.79 Å². The van der Waals surface area contributed by atoms with Gasteiger partial charge in [0.25, 0.3) is 0 Å². The maximum Gasteiger partial charge on any atom is 0.308 e. The lowest BCUT2D eigenvalue weighted by atomic mass is 10.2. The molecule has 4 nitrogen and oxygen atoms in total. The van der Waals surface area contributed by atoms with Gasteiger partial charge in [-0.1, -0.05) is 0 Å². The van der Waals surface area contributed by atoms with E-state index >= 15 is 0 Å². The van der Waals surface area contributed by atoms with E-state index in [4.69, 9.17) is 9.47 Å². The standard InChI is InChI=1S/C15H23NO3/c1-11-10-12(18-5)6-7-13(11)16-9-8-14(17)19-15(2,3)4/h6-7,10,16H,8-9H2,1-5H3. The number of rotatable bonds is 5. The van der Waals surface area contributed by atoms with Crippen LogP contribution in [0.15, 0.2) is 18.2 Å². The summed E-state index contributed by atoms with van der Waals surface area (Å²) in [5.74, 6) is 0.640. The third kappa shape index (κ3) is 5.64. The topological polar surface area (TPSA) is 47.6 Å². The minimum absolute atomic E-state index is 0.189. The predicted octanol–water partition coefficient (Wildman–Crippen LogP) is 3.15. The molecule has 0 fully saturated rings. The van der Waals surface area contributed by atoms with Crippen LogP contribution in [-0.4, -0.2) is 25.2 Å². The quantitative estimate of drug-likeness (QED) is 0.831. The van der Waals surface area contributed by atoms with Crippen LogP contribution in [-0.2, 0) is 9.53 Å². The van der Waals surface area contributed by atoms with Crippen LogP contribution in [0.2, 0.25) is 0 Å². The van der Waals surface area contributed by atoms with Gasteiger partial charge in [-0.05, 0) is 51.5 Å². The monoisotopic (exact) mass is 265 g/mol. The van der Waals surface area contributed by atoms with E-state index in [1.807, 2.05) is 45.9 Å². The average molecular weight is 265 g/mol.